The average molecular weight is 458 g/mol. The highest BCUT2D eigenvalue weighted by Gasteiger charge is 2.39. The van der Waals surface area contributed by atoms with Gasteiger partial charge in [0.1, 0.15) is 18.1 Å². The summed E-state index contributed by atoms with van der Waals surface area (Å²) in [5, 5.41) is 23.7. The fraction of sp³-hybridized carbons (Fsp3) is 0.667. The minimum absolute atomic E-state index is 0.0936. The third-order valence-electron chi connectivity index (χ3n) is 4.94. The number of nitrogens with one attached hydrogen (secondary N) is 2. The Labute approximate surface area is 183 Å². The molecule has 180 valence electrons. The number of aliphatic carboxylic acids is 1. The molecular formula is C18H30N6O8. The Balaban J connectivity index is 2.94. The largest absolute Gasteiger partial charge is 0.480 e. The van der Waals surface area contributed by atoms with Gasteiger partial charge in [-0.2, -0.15) is 0 Å². The highest BCUT2D eigenvalue weighted by molar-refractivity contribution is 5.96. The quantitative estimate of drug-likeness (QED) is 0.150. The molecule has 0 bridgehead atoms. The monoisotopic (exact) mass is 458 g/mol. The van der Waals surface area contributed by atoms with Gasteiger partial charge in [-0.3, -0.25) is 24.0 Å². The van der Waals surface area contributed by atoms with Crippen molar-refractivity contribution < 1.29 is 39.0 Å². The smallest absolute Gasteiger partial charge is 0.326 e. The standard InChI is InChI=1S/C18H30N6O8/c1-8(25)14(23-15(28)9(19)4-5-12(20)26)16(29)22-10(7-13(21)27)17(30)24-6-2-3-11(24)18(31)32/h8-11,14,25H,2-7,19H2,1H3,(H2,20,26)(H2,21,27)(H,22,29)(H,23,28)(H,31,32). The predicted octanol–water partition coefficient (Wildman–Crippen LogP) is -4.12. The number of aliphatic hydroxyl groups is 1. The van der Waals surface area contributed by atoms with E-state index in [0.29, 0.717) is 6.42 Å². The Morgan fingerprint density at radius 3 is 2.19 bits per heavy atom. The van der Waals surface area contributed by atoms with Crippen molar-refractivity contribution in [1.82, 2.24) is 15.5 Å². The van der Waals surface area contributed by atoms with Gasteiger partial charge in [0.2, 0.25) is 29.5 Å². The second-order valence-corrected chi connectivity index (χ2v) is 7.60. The second kappa shape index (κ2) is 12.0. The molecule has 14 nitrogen and oxygen atoms in total. The molecule has 0 saturated carbocycles. The highest BCUT2D eigenvalue weighted by atomic mass is 16.4. The van der Waals surface area contributed by atoms with Crippen LogP contribution >= 0.6 is 0 Å². The lowest BCUT2D eigenvalue weighted by molar-refractivity contribution is -0.150. The number of hydrogen-bond acceptors (Lipinski definition) is 8. The van der Waals surface area contributed by atoms with Gasteiger partial charge in [0.05, 0.1) is 18.6 Å². The van der Waals surface area contributed by atoms with Crippen LogP contribution in [0.15, 0.2) is 0 Å². The van der Waals surface area contributed by atoms with Crippen molar-refractivity contribution in [1.29, 1.82) is 0 Å². The molecule has 0 spiro atoms. The second-order valence-electron chi connectivity index (χ2n) is 7.60. The molecule has 0 aromatic carbocycles. The summed E-state index contributed by atoms with van der Waals surface area (Å²) in [6.45, 7) is 1.32. The summed E-state index contributed by atoms with van der Waals surface area (Å²) in [5.41, 5.74) is 15.8. The summed E-state index contributed by atoms with van der Waals surface area (Å²) in [7, 11) is 0. The van der Waals surface area contributed by atoms with Crippen LogP contribution in [0.5, 0.6) is 0 Å². The lowest BCUT2D eigenvalue weighted by atomic mass is 10.1. The van der Waals surface area contributed by atoms with E-state index < -0.39 is 72.2 Å². The Bertz CT molecular complexity index is 758. The van der Waals surface area contributed by atoms with E-state index in [2.05, 4.69) is 10.6 Å². The zero-order valence-electron chi connectivity index (χ0n) is 17.7. The molecule has 5 unspecified atom stereocenters. The average Bonchev–Trinajstić information content (AvgIpc) is 3.18. The number of nitrogens with two attached hydrogens (primary N) is 3. The molecule has 10 N–H and O–H groups in total. The van der Waals surface area contributed by atoms with Crippen LogP contribution < -0.4 is 27.8 Å². The van der Waals surface area contributed by atoms with Gasteiger partial charge in [-0.1, -0.05) is 0 Å². The molecule has 5 atom stereocenters. The molecular weight excluding hydrogens is 428 g/mol. The molecule has 1 aliphatic rings. The van der Waals surface area contributed by atoms with Crippen molar-refractivity contribution in [3.63, 3.8) is 0 Å². The number of nitrogens with zero attached hydrogens (tertiary/aromatic N) is 1. The van der Waals surface area contributed by atoms with Crippen molar-refractivity contribution in [2.45, 2.75) is 69.3 Å². The predicted molar refractivity (Wildman–Crippen MR) is 108 cm³/mol. The fourth-order valence-electron chi connectivity index (χ4n) is 3.24. The number of aliphatic hydroxyl groups excluding tert-OH is 1. The molecule has 14 heteroatoms. The summed E-state index contributed by atoms with van der Waals surface area (Å²) in [5.74, 6) is -5.51. The molecule has 1 rings (SSSR count). The number of amides is 5. The Morgan fingerprint density at radius 2 is 1.69 bits per heavy atom. The van der Waals surface area contributed by atoms with Crippen molar-refractivity contribution in [3.8, 4) is 0 Å². The molecule has 1 saturated heterocycles. The van der Waals surface area contributed by atoms with Gasteiger partial charge in [0.25, 0.3) is 0 Å². The van der Waals surface area contributed by atoms with Crippen LogP contribution in [-0.4, -0.2) is 87.4 Å². The van der Waals surface area contributed by atoms with E-state index in [0.717, 1.165) is 4.90 Å². The van der Waals surface area contributed by atoms with Crippen LogP contribution in [0.1, 0.15) is 39.0 Å². The zero-order chi connectivity index (χ0) is 24.6. The Kier molecular flexibility index (Phi) is 10.00. The van der Waals surface area contributed by atoms with Crippen molar-refractivity contribution >= 4 is 35.5 Å². The lowest BCUT2D eigenvalue weighted by Crippen LogP contribution is -2.60. The van der Waals surface area contributed by atoms with E-state index in [-0.39, 0.29) is 25.8 Å². The molecule has 0 aromatic rings. The van der Waals surface area contributed by atoms with E-state index in [4.69, 9.17) is 17.2 Å². The first-order valence-corrected chi connectivity index (χ1v) is 9.99. The first kappa shape index (κ1) is 26.8. The summed E-state index contributed by atoms with van der Waals surface area (Å²) >= 11 is 0. The van der Waals surface area contributed by atoms with Crippen molar-refractivity contribution in [2.24, 2.45) is 17.2 Å². The lowest BCUT2D eigenvalue weighted by Gasteiger charge is -2.29. The number of carbonyl (C=O) groups excluding carboxylic acids is 5. The maximum Gasteiger partial charge on any atom is 0.326 e. The number of carboxylic acids is 1. The number of likely N-dealkylation sites (tertiary alicyclic amines) is 1. The minimum atomic E-state index is -1.56. The van der Waals surface area contributed by atoms with Crippen LogP contribution in [0.2, 0.25) is 0 Å². The molecule has 1 heterocycles. The van der Waals surface area contributed by atoms with E-state index in [1.165, 1.54) is 6.92 Å². The number of carboxylic acid groups (broad SMARTS) is 1. The fourth-order valence-corrected chi connectivity index (χ4v) is 3.24. The normalized spacial score (nSPS) is 19.3. The van der Waals surface area contributed by atoms with Crippen LogP contribution in [0.3, 0.4) is 0 Å². The van der Waals surface area contributed by atoms with Crippen LogP contribution in [0.25, 0.3) is 0 Å². The van der Waals surface area contributed by atoms with E-state index in [1.807, 2.05) is 0 Å². The van der Waals surface area contributed by atoms with Gasteiger partial charge < -0.3 is 42.9 Å². The van der Waals surface area contributed by atoms with Crippen molar-refractivity contribution in [2.75, 3.05) is 6.54 Å². The van der Waals surface area contributed by atoms with Gasteiger partial charge in [-0.15, -0.1) is 0 Å². The van der Waals surface area contributed by atoms with Gasteiger partial charge in [0, 0.05) is 13.0 Å². The molecule has 5 amide bonds. The van der Waals surface area contributed by atoms with E-state index >= 15 is 0 Å². The Morgan fingerprint density at radius 1 is 1.06 bits per heavy atom. The summed E-state index contributed by atoms with van der Waals surface area (Å²) in [6, 6.07) is -5.35. The molecule has 1 aliphatic heterocycles. The SMILES string of the molecule is CC(O)C(NC(=O)C(N)CCC(N)=O)C(=O)NC(CC(N)=O)C(=O)N1CCCC1C(=O)O. The maximum atomic E-state index is 12.8. The van der Waals surface area contributed by atoms with Gasteiger partial charge >= 0.3 is 5.97 Å². The minimum Gasteiger partial charge on any atom is -0.480 e. The third-order valence-corrected chi connectivity index (χ3v) is 4.94. The molecule has 0 aliphatic carbocycles. The van der Waals surface area contributed by atoms with E-state index in [1.54, 1.807) is 0 Å². The molecule has 32 heavy (non-hydrogen) atoms. The van der Waals surface area contributed by atoms with Crippen LogP contribution in [0, 0.1) is 0 Å². The van der Waals surface area contributed by atoms with Gasteiger partial charge in [0.15, 0.2) is 0 Å². The summed E-state index contributed by atoms with van der Waals surface area (Å²) in [4.78, 5) is 72.4. The molecule has 0 radical (unpaired) electrons. The van der Waals surface area contributed by atoms with Crippen LogP contribution in [0.4, 0.5) is 0 Å². The van der Waals surface area contributed by atoms with Crippen molar-refractivity contribution in [3.05, 3.63) is 0 Å². The Hall–Kier alpha value is -3.26. The topological polar surface area (TPSA) is 248 Å². The number of hydrogen-bond donors (Lipinski definition) is 7. The van der Waals surface area contributed by atoms with E-state index in [9.17, 15) is 39.0 Å². The molecule has 1 fully saturated rings. The summed E-state index contributed by atoms with van der Waals surface area (Å²) < 4.78 is 0. The van der Waals surface area contributed by atoms with Gasteiger partial charge in [-0.05, 0) is 26.2 Å². The number of carbonyl (C=O) groups is 6. The first-order chi connectivity index (χ1) is 14.8. The molecule has 0 aromatic heterocycles. The zero-order valence-corrected chi connectivity index (χ0v) is 17.7. The number of rotatable bonds is 12. The third kappa shape index (κ3) is 7.77. The number of primary amides is 2. The first-order valence-electron chi connectivity index (χ1n) is 9.99. The van der Waals surface area contributed by atoms with Crippen LogP contribution in [-0.2, 0) is 28.8 Å². The van der Waals surface area contributed by atoms with Gasteiger partial charge in [-0.25, -0.2) is 4.79 Å². The maximum absolute atomic E-state index is 12.8. The highest BCUT2D eigenvalue weighted by Crippen LogP contribution is 2.19. The summed E-state index contributed by atoms with van der Waals surface area (Å²) in [6.07, 6.45) is -1.67.